The Kier molecular flexibility index (Phi) is 6.56. The van der Waals surface area contributed by atoms with Crippen molar-refractivity contribution in [3.8, 4) is 11.7 Å². The molecule has 1 N–H and O–H groups in total. The molecule has 3 heterocycles. The standard InChI is InChI=1S/C17H16ClF3N6O2S/c1-10-12(9-22-26(10)2)30-25-16(28)11-3-4-13(23-15(11)18)27-7-5-14(24-27)29-8-6-17(19,20)21/h3-5,7,9H,6,8H2,1-2H3,(H,25,28). The first-order valence-electron chi connectivity index (χ1n) is 8.52. The third kappa shape index (κ3) is 5.45. The number of pyridine rings is 1. The first kappa shape index (κ1) is 22.0. The van der Waals surface area contributed by atoms with Crippen LogP contribution >= 0.6 is 23.5 Å². The molecule has 0 fully saturated rings. The number of hydrogen-bond donors (Lipinski definition) is 1. The number of aryl methyl sites for hydroxylation is 1. The summed E-state index contributed by atoms with van der Waals surface area (Å²) >= 11 is 7.25. The molecule has 13 heteroatoms. The lowest BCUT2D eigenvalue weighted by molar-refractivity contribution is -0.139. The lowest BCUT2D eigenvalue weighted by Crippen LogP contribution is -2.17. The van der Waals surface area contributed by atoms with Gasteiger partial charge in [-0.3, -0.25) is 14.2 Å². The molecule has 0 aliphatic rings. The Morgan fingerprint density at radius 3 is 2.73 bits per heavy atom. The van der Waals surface area contributed by atoms with Crippen LogP contribution in [0.2, 0.25) is 5.15 Å². The van der Waals surface area contributed by atoms with Gasteiger partial charge in [-0.2, -0.15) is 18.3 Å². The van der Waals surface area contributed by atoms with E-state index >= 15 is 0 Å². The second-order valence-corrected chi connectivity index (χ2v) is 7.28. The van der Waals surface area contributed by atoms with E-state index in [1.807, 2.05) is 6.92 Å². The van der Waals surface area contributed by atoms with Gasteiger partial charge in [0.2, 0.25) is 5.88 Å². The van der Waals surface area contributed by atoms with Crippen LogP contribution in [0.3, 0.4) is 0 Å². The van der Waals surface area contributed by atoms with Crippen LogP contribution in [-0.4, -0.2) is 43.2 Å². The normalized spacial score (nSPS) is 11.5. The van der Waals surface area contributed by atoms with E-state index in [1.165, 1.54) is 29.1 Å². The first-order valence-corrected chi connectivity index (χ1v) is 9.71. The molecule has 3 aromatic heterocycles. The topological polar surface area (TPSA) is 86.9 Å². The highest BCUT2D eigenvalue weighted by molar-refractivity contribution is 7.98. The van der Waals surface area contributed by atoms with Crippen LogP contribution in [0, 0.1) is 6.92 Å². The van der Waals surface area contributed by atoms with E-state index in [-0.39, 0.29) is 22.4 Å². The minimum Gasteiger partial charge on any atom is -0.476 e. The highest BCUT2D eigenvalue weighted by Gasteiger charge is 2.27. The van der Waals surface area contributed by atoms with Gasteiger partial charge in [0.05, 0.1) is 35.4 Å². The summed E-state index contributed by atoms with van der Waals surface area (Å²) in [6.45, 7) is 1.33. The molecule has 8 nitrogen and oxygen atoms in total. The summed E-state index contributed by atoms with van der Waals surface area (Å²) in [5.41, 5.74) is 1.05. The Bertz CT molecular complexity index is 1050. The molecule has 3 aromatic rings. The van der Waals surface area contributed by atoms with Gasteiger partial charge in [-0.15, -0.1) is 5.10 Å². The Morgan fingerprint density at radius 1 is 1.33 bits per heavy atom. The van der Waals surface area contributed by atoms with Crippen LogP contribution in [0.5, 0.6) is 5.88 Å². The summed E-state index contributed by atoms with van der Waals surface area (Å²) in [6, 6.07) is 4.38. The van der Waals surface area contributed by atoms with Crippen LogP contribution in [-0.2, 0) is 7.05 Å². The largest absolute Gasteiger partial charge is 0.476 e. The number of carbonyl (C=O) groups is 1. The van der Waals surface area contributed by atoms with E-state index < -0.39 is 25.1 Å². The van der Waals surface area contributed by atoms with Crippen molar-refractivity contribution < 1.29 is 22.7 Å². The average molecular weight is 461 g/mol. The molecule has 30 heavy (non-hydrogen) atoms. The molecule has 0 atom stereocenters. The van der Waals surface area contributed by atoms with Gasteiger partial charge in [0.25, 0.3) is 5.91 Å². The van der Waals surface area contributed by atoms with Gasteiger partial charge in [0.15, 0.2) is 5.82 Å². The molecule has 0 spiro atoms. The molecule has 0 unspecified atom stereocenters. The lowest BCUT2D eigenvalue weighted by Gasteiger charge is -2.08. The van der Waals surface area contributed by atoms with E-state index in [9.17, 15) is 18.0 Å². The quantitative estimate of drug-likeness (QED) is 0.427. The highest BCUT2D eigenvalue weighted by atomic mass is 35.5. The zero-order chi connectivity index (χ0) is 21.9. The number of carbonyl (C=O) groups excluding carboxylic acids is 1. The van der Waals surface area contributed by atoms with Gasteiger partial charge in [0.1, 0.15) is 5.15 Å². The minimum absolute atomic E-state index is 0.0160. The van der Waals surface area contributed by atoms with Gasteiger partial charge < -0.3 is 4.74 Å². The second-order valence-electron chi connectivity index (χ2n) is 6.07. The number of alkyl halides is 3. The van der Waals surface area contributed by atoms with E-state index in [2.05, 4.69) is 19.9 Å². The summed E-state index contributed by atoms with van der Waals surface area (Å²) in [5, 5.41) is 8.04. The highest BCUT2D eigenvalue weighted by Crippen LogP contribution is 2.22. The number of ether oxygens (including phenoxy) is 1. The predicted octanol–water partition coefficient (Wildman–Crippen LogP) is 3.73. The maximum absolute atomic E-state index is 12.4. The van der Waals surface area contributed by atoms with Crippen LogP contribution < -0.4 is 9.46 Å². The monoisotopic (exact) mass is 460 g/mol. The van der Waals surface area contributed by atoms with Crippen molar-refractivity contribution in [2.24, 2.45) is 7.05 Å². The molecule has 1 amide bonds. The van der Waals surface area contributed by atoms with E-state index in [0.717, 1.165) is 22.5 Å². The fraction of sp³-hybridized carbons (Fsp3) is 0.294. The van der Waals surface area contributed by atoms with Gasteiger partial charge in [0, 0.05) is 19.3 Å². The Labute approximate surface area is 178 Å². The Balaban J connectivity index is 1.63. The van der Waals surface area contributed by atoms with Crippen molar-refractivity contribution in [1.29, 1.82) is 0 Å². The Hall–Kier alpha value is -2.73. The van der Waals surface area contributed by atoms with E-state index in [4.69, 9.17) is 16.3 Å². The van der Waals surface area contributed by atoms with E-state index in [1.54, 1.807) is 17.9 Å². The lowest BCUT2D eigenvalue weighted by atomic mass is 10.3. The minimum atomic E-state index is -4.30. The van der Waals surface area contributed by atoms with Crippen molar-refractivity contribution in [2.45, 2.75) is 24.4 Å². The molecule has 0 aliphatic carbocycles. The smallest absolute Gasteiger partial charge is 0.392 e. The first-order chi connectivity index (χ1) is 14.1. The number of nitrogens with zero attached hydrogens (tertiary/aromatic N) is 5. The molecule has 3 rings (SSSR count). The summed E-state index contributed by atoms with van der Waals surface area (Å²) in [6.07, 6.45) is -2.29. The molecule has 0 aliphatic heterocycles. The molecule has 160 valence electrons. The zero-order valence-corrected chi connectivity index (χ0v) is 17.3. The van der Waals surface area contributed by atoms with Gasteiger partial charge in [-0.05, 0) is 31.0 Å². The third-order valence-electron chi connectivity index (χ3n) is 3.96. The number of aromatic nitrogens is 5. The molecular weight excluding hydrogens is 445 g/mol. The number of rotatable bonds is 7. The number of nitrogens with one attached hydrogen (secondary N) is 1. The average Bonchev–Trinajstić information content (AvgIpc) is 3.26. The van der Waals surface area contributed by atoms with Gasteiger partial charge in [-0.25, -0.2) is 9.67 Å². The second kappa shape index (κ2) is 8.96. The molecule has 0 bridgehead atoms. The summed E-state index contributed by atoms with van der Waals surface area (Å²) < 4.78 is 47.2. The third-order valence-corrected chi connectivity index (χ3v) is 5.15. The summed E-state index contributed by atoms with van der Waals surface area (Å²) in [5.74, 6) is -0.149. The van der Waals surface area contributed by atoms with Crippen LogP contribution in [0.25, 0.3) is 5.82 Å². The molecule has 0 aromatic carbocycles. The number of halogens is 4. The molecule has 0 saturated carbocycles. The fourth-order valence-electron chi connectivity index (χ4n) is 2.24. The summed E-state index contributed by atoms with van der Waals surface area (Å²) in [7, 11) is 1.79. The molecular formula is C17H16ClF3N6O2S. The summed E-state index contributed by atoms with van der Waals surface area (Å²) in [4.78, 5) is 17.3. The Morgan fingerprint density at radius 2 is 2.10 bits per heavy atom. The molecule has 0 radical (unpaired) electrons. The van der Waals surface area contributed by atoms with Crippen molar-refractivity contribution in [3.63, 3.8) is 0 Å². The maximum Gasteiger partial charge on any atom is 0.392 e. The van der Waals surface area contributed by atoms with Crippen molar-refractivity contribution in [3.05, 3.63) is 47.0 Å². The molecule has 0 saturated heterocycles. The van der Waals surface area contributed by atoms with Crippen molar-refractivity contribution in [2.75, 3.05) is 6.61 Å². The van der Waals surface area contributed by atoms with Crippen molar-refractivity contribution in [1.82, 2.24) is 29.3 Å². The van der Waals surface area contributed by atoms with E-state index in [0.29, 0.717) is 0 Å². The van der Waals surface area contributed by atoms with Crippen LogP contribution in [0.1, 0.15) is 22.5 Å². The van der Waals surface area contributed by atoms with Gasteiger partial charge in [-0.1, -0.05) is 11.6 Å². The number of hydrogen-bond acceptors (Lipinski definition) is 6. The SMILES string of the molecule is Cc1c(SNC(=O)c2ccc(-n3ccc(OCCC(F)(F)F)n3)nc2Cl)cnn1C. The van der Waals surface area contributed by atoms with Crippen molar-refractivity contribution >= 4 is 29.5 Å². The van der Waals surface area contributed by atoms with Crippen LogP contribution in [0.4, 0.5) is 13.2 Å². The van der Waals surface area contributed by atoms with Gasteiger partial charge >= 0.3 is 6.18 Å². The number of amides is 1. The zero-order valence-electron chi connectivity index (χ0n) is 15.8. The fourth-order valence-corrected chi connectivity index (χ4v) is 3.17. The predicted molar refractivity (Wildman–Crippen MR) is 104 cm³/mol. The maximum atomic E-state index is 12.4. The van der Waals surface area contributed by atoms with Crippen LogP contribution in [0.15, 0.2) is 35.5 Å².